The summed E-state index contributed by atoms with van der Waals surface area (Å²) in [6.45, 7) is 2.93. The van der Waals surface area contributed by atoms with E-state index in [4.69, 9.17) is 0 Å². The highest BCUT2D eigenvalue weighted by molar-refractivity contribution is 7.19. The van der Waals surface area contributed by atoms with Crippen LogP contribution in [-0.2, 0) is 32.2 Å². The van der Waals surface area contributed by atoms with Crippen LogP contribution in [0.2, 0.25) is 0 Å². The molecule has 4 aromatic rings. The number of anilines is 1. The van der Waals surface area contributed by atoms with Crippen LogP contribution in [0.25, 0.3) is 15.9 Å². The zero-order valence-electron chi connectivity index (χ0n) is 16.4. The molecule has 1 N–H and O–H groups in total. The minimum Gasteiger partial charge on any atom is -0.362 e. The molecule has 4 heterocycles. The van der Waals surface area contributed by atoms with Crippen LogP contribution >= 0.6 is 11.3 Å². The van der Waals surface area contributed by atoms with Gasteiger partial charge in [-0.05, 0) is 48.8 Å². The molecule has 0 fully saturated rings. The third kappa shape index (κ3) is 2.75. The highest BCUT2D eigenvalue weighted by Crippen LogP contribution is 2.39. The van der Waals surface area contributed by atoms with Crippen LogP contribution in [0, 0.1) is 5.92 Å². The quantitative estimate of drug-likeness (QED) is 0.559. The van der Waals surface area contributed by atoms with Gasteiger partial charge in [0.1, 0.15) is 22.8 Å². The van der Waals surface area contributed by atoms with Crippen molar-refractivity contribution < 1.29 is 0 Å². The topological polar surface area (TPSA) is 68.5 Å². The highest BCUT2D eigenvalue weighted by Gasteiger charge is 2.24. The lowest BCUT2D eigenvalue weighted by molar-refractivity contribution is 0.509. The first kappa shape index (κ1) is 17.1. The maximum absolute atomic E-state index is 4.59. The molecule has 0 amide bonds. The molecular formula is C22H22N6S. The standard InChI is InChI=1S/C22H22N6S/c1-13-6-8-15-17(10-13)29-22-20(15)21(24-12-25-22)23-11-19-27-26-18-9-7-14-4-2-3-5-16(14)28(18)19/h2-5,12-13H,6-11H2,1H3,(H,23,24,25)/t13-/m1/s1. The van der Waals surface area contributed by atoms with Crippen LogP contribution < -0.4 is 5.32 Å². The second kappa shape index (κ2) is 6.62. The molecule has 0 radical (unpaired) electrons. The van der Waals surface area contributed by atoms with Gasteiger partial charge < -0.3 is 5.32 Å². The molecule has 3 aromatic heterocycles. The number of thiophene rings is 1. The summed E-state index contributed by atoms with van der Waals surface area (Å²) < 4.78 is 2.20. The average Bonchev–Trinajstić information content (AvgIpc) is 3.33. The molecule has 0 saturated carbocycles. The average molecular weight is 403 g/mol. The van der Waals surface area contributed by atoms with Gasteiger partial charge in [-0.2, -0.15) is 0 Å². The molecule has 6 nitrogen and oxygen atoms in total. The molecule has 29 heavy (non-hydrogen) atoms. The molecular weight excluding hydrogens is 380 g/mol. The lowest BCUT2D eigenvalue weighted by Gasteiger charge is -2.20. The number of aryl methyl sites for hydroxylation is 3. The van der Waals surface area contributed by atoms with Gasteiger partial charge in [0.05, 0.1) is 17.6 Å². The van der Waals surface area contributed by atoms with Crippen molar-refractivity contribution in [2.75, 3.05) is 5.32 Å². The fourth-order valence-corrected chi connectivity index (χ4v) is 6.02. The van der Waals surface area contributed by atoms with Gasteiger partial charge in [0.15, 0.2) is 5.82 Å². The van der Waals surface area contributed by atoms with Crippen LogP contribution in [0.4, 0.5) is 5.82 Å². The Balaban J connectivity index is 1.35. The van der Waals surface area contributed by atoms with Crippen molar-refractivity contribution in [1.29, 1.82) is 0 Å². The summed E-state index contributed by atoms with van der Waals surface area (Å²) in [5.74, 6) is 3.64. The zero-order chi connectivity index (χ0) is 19.4. The van der Waals surface area contributed by atoms with E-state index in [1.54, 1.807) is 6.33 Å². The van der Waals surface area contributed by atoms with E-state index in [1.807, 2.05) is 11.3 Å². The molecule has 2 aliphatic rings. The van der Waals surface area contributed by atoms with Gasteiger partial charge in [-0.1, -0.05) is 25.1 Å². The summed E-state index contributed by atoms with van der Waals surface area (Å²) >= 11 is 1.83. The lowest BCUT2D eigenvalue weighted by Crippen LogP contribution is -2.16. The second-order valence-electron chi connectivity index (χ2n) is 8.10. The highest BCUT2D eigenvalue weighted by atomic mass is 32.1. The first-order valence-corrected chi connectivity index (χ1v) is 11.1. The molecule has 0 saturated heterocycles. The summed E-state index contributed by atoms with van der Waals surface area (Å²) in [4.78, 5) is 11.7. The number of hydrogen-bond donors (Lipinski definition) is 1. The van der Waals surface area contributed by atoms with E-state index in [0.717, 1.165) is 53.9 Å². The number of aromatic nitrogens is 5. The Morgan fingerprint density at radius 1 is 1.14 bits per heavy atom. The van der Waals surface area contributed by atoms with E-state index in [-0.39, 0.29) is 0 Å². The van der Waals surface area contributed by atoms with E-state index < -0.39 is 0 Å². The van der Waals surface area contributed by atoms with Crippen molar-refractivity contribution in [3.05, 3.63) is 58.2 Å². The fraction of sp³-hybridized carbons (Fsp3) is 0.364. The first-order chi connectivity index (χ1) is 14.3. The number of fused-ring (bicyclic) bond motifs is 6. The smallest absolute Gasteiger partial charge is 0.157 e. The SMILES string of the molecule is C[C@@H]1CCc2c(sc3ncnc(NCc4nnc5n4-c4ccccc4CC5)c23)C1. The van der Waals surface area contributed by atoms with Crippen molar-refractivity contribution >= 4 is 27.4 Å². The molecule has 1 aliphatic carbocycles. The largest absolute Gasteiger partial charge is 0.362 e. The Bertz CT molecular complexity index is 1220. The van der Waals surface area contributed by atoms with Crippen molar-refractivity contribution in [3.8, 4) is 5.69 Å². The van der Waals surface area contributed by atoms with Gasteiger partial charge in [0.25, 0.3) is 0 Å². The zero-order valence-corrected chi connectivity index (χ0v) is 17.2. The predicted molar refractivity (Wildman–Crippen MR) is 115 cm³/mol. The van der Waals surface area contributed by atoms with E-state index in [2.05, 4.69) is 61.2 Å². The van der Waals surface area contributed by atoms with Crippen molar-refractivity contribution in [2.24, 2.45) is 5.92 Å². The van der Waals surface area contributed by atoms with Crippen molar-refractivity contribution in [3.63, 3.8) is 0 Å². The molecule has 0 unspecified atom stereocenters. The molecule has 0 spiro atoms. The number of benzene rings is 1. The third-order valence-corrected chi connectivity index (χ3v) is 7.32. The Labute approximate surface area is 173 Å². The molecule has 1 aromatic carbocycles. The summed E-state index contributed by atoms with van der Waals surface area (Å²) in [7, 11) is 0. The number of para-hydroxylation sites is 1. The normalized spacial score (nSPS) is 17.6. The number of nitrogens with one attached hydrogen (secondary N) is 1. The van der Waals surface area contributed by atoms with Gasteiger partial charge in [0, 0.05) is 11.3 Å². The van der Waals surface area contributed by atoms with Crippen LogP contribution in [0.3, 0.4) is 0 Å². The van der Waals surface area contributed by atoms with Gasteiger partial charge in [0.2, 0.25) is 0 Å². The lowest BCUT2D eigenvalue weighted by atomic mass is 9.89. The second-order valence-corrected chi connectivity index (χ2v) is 9.19. The van der Waals surface area contributed by atoms with Gasteiger partial charge in [-0.25, -0.2) is 9.97 Å². The maximum Gasteiger partial charge on any atom is 0.157 e. The van der Waals surface area contributed by atoms with Crippen LogP contribution in [0.5, 0.6) is 0 Å². The summed E-state index contributed by atoms with van der Waals surface area (Å²) in [5.41, 5.74) is 4.00. The Kier molecular flexibility index (Phi) is 3.90. The van der Waals surface area contributed by atoms with Crippen LogP contribution in [0.15, 0.2) is 30.6 Å². The number of rotatable bonds is 3. The Morgan fingerprint density at radius 2 is 2.07 bits per heavy atom. The Morgan fingerprint density at radius 3 is 3.03 bits per heavy atom. The number of nitrogens with zero attached hydrogens (tertiary/aromatic N) is 5. The van der Waals surface area contributed by atoms with Gasteiger partial charge >= 0.3 is 0 Å². The summed E-state index contributed by atoms with van der Waals surface area (Å²) in [5, 5.41) is 13.7. The fourth-order valence-electron chi connectivity index (χ4n) is 4.67. The molecule has 0 bridgehead atoms. The molecule has 6 rings (SSSR count). The van der Waals surface area contributed by atoms with E-state index in [9.17, 15) is 0 Å². The molecule has 146 valence electrons. The maximum atomic E-state index is 4.59. The van der Waals surface area contributed by atoms with Crippen molar-refractivity contribution in [1.82, 2.24) is 24.7 Å². The van der Waals surface area contributed by atoms with Crippen LogP contribution in [-0.4, -0.2) is 24.7 Å². The van der Waals surface area contributed by atoms with Crippen molar-refractivity contribution in [2.45, 2.75) is 45.6 Å². The first-order valence-electron chi connectivity index (χ1n) is 10.3. The van der Waals surface area contributed by atoms with Gasteiger partial charge in [-0.3, -0.25) is 4.57 Å². The predicted octanol–water partition coefficient (Wildman–Crippen LogP) is 4.11. The minimum atomic E-state index is 0.592. The minimum absolute atomic E-state index is 0.592. The summed E-state index contributed by atoms with van der Waals surface area (Å²) in [6, 6.07) is 8.54. The summed E-state index contributed by atoms with van der Waals surface area (Å²) in [6.07, 6.45) is 7.13. The van der Waals surface area contributed by atoms with E-state index in [1.165, 1.54) is 33.5 Å². The monoisotopic (exact) mass is 402 g/mol. The Hall–Kier alpha value is -2.80. The van der Waals surface area contributed by atoms with E-state index in [0.29, 0.717) is 6.54 Å². The molecule has 7 heteroatoms. The van der Waals surface area contributed by atoms with Crippen LogP contribution in [0.1, 0.15) is 41.0 Å². The van der Waals surface area contributed by atoms with E-state index >= 15 is 0 Å². The number of hydrogen-bond acceptors (Lipinski definition) is 6. The molecule has 1 aliphatic heterocycles. The van der Waals surface area contributed by atoms with Gasteiger partial charge in [-0.15, -0.1) is 21.5 Å². The molecule has 1 atom stereocenters. The third-order valence-electron chi connectivity index (χ3n) is 6.15.